The van der Waals surface area contributed by atoms with Crippen molar-refractivity contribution in [2.75, 3.05) is 0 Å². The van der Waals surface area contributed by atoms with Gasteiger partial charge in [-0.05, 0) is 25.7 Å². The summed E-state index contributed by atoms with van der Waals surface area (Å²) in [5.41, 5.74) is 0. The van der Waals surface area contributed by atoms with Gasteiger partial charge >= 0.3 is 5.97 Å². The summed E-state index contributed by atoms with van der Waals surface area (Å²) in [6, 6.07) is 0. The predicted molar refractivity (Wildman–Crippen MR) is 88.4 cm³/mol. The molecule has 0 fully saturated rings. The highest BCUT2D eigenvalue weighted by atomic mass is 16.4. The summed E-state index contributed by atoms with van der Waals surface area (Å²) in [5.74, 6) is -0.909. The normalized spacial score (nSPS) is 13.2. The van der Waals surface area contributed by atoms with Crippen molar-refractivity contribution in [3.63, 3.8) is 0 Å². The number of hydrogen-bond acceptors (Lipinski definition) is 2. The van der Waals surface area contributed by atoms with Crippen molar-refractivity contribution >= 4 is 5.97 Å². The Kier molecular flexibility index (Phi) is 14.5. The van der Waals surface area contributed by atoms with Gasteiger partial charge in [-0.1, -0.05) is 70.1 Å². The number of rotatable bonds is 14. The van der Waals surface area contributed by atoms with Gasteiger partial charge in [-0.15, -0.1) is 0 Å². The minimum absolute atomic E-state index is 0.108. The van der Waals surface area contributed by atoms with Crippen LogP contribution >= 0.6 is 0 Å². The zero-order chi connectivity index (χ0) is 15.8. The van der Waals surface area contributed by atoms with E-state index in [9.17, 15) is 9.90 Å². The molecule has 1 atom stereocenters. The van der Waals surface area contributed by atoms with Crippen LogP contribution in [0.4, 0.5) is 0 Å². The lowest BCUT2D eigenvalue weighted by Crippen LogP contribution is -2.05. The van der Waals surface area contributed by atoms with Crippen molar-refractivity contribution in [3.05, 3.63) is 24.3 Å². The van der Waals surface area contributed by atoms with Crippen LogP contribution in [-0.2, 0) is 4.79 Å². The Morgan fingerprint density at radius 2 is 1.57 bits per heavy atom. The molecular formula is C18H32O3. The lowest BCUT2D eigenvalue weighted by Gasteiger charge is -2.09. The first-order valence-electron chi connectivity index (χ1n) is 8.41. The number of aliphatic carboxylic acids is 1. The molecule has 1 unspecified atom stereocenters. The molecule has 0 bridgehead atoms. The van der Waals surface area contributed by atoms with Crippen molar-refractivity contribution in [3.8, 4) is 0 Å². The minimum Gasteiger partial charge on any atom is -0.478 e. The lowest BCUT2D eigenvalue weighted by atomic mass is 10.0. The lowest BCUT2D eigenvalue weighted by molar-refractivity contribution is -0.131. The van der Waals surface area contributed by atoms with E-state index in [1.165, 1.54) is 32.1 Å². The fourth-order valence-corrected chi connectivity index (χ4v) is 2.26. The minimum atomic E-state index is -0.909. The van der Waals surface area contributed by atoms with Gasteiger partial charge in [0.25, 0.3) is 0 Å². The molecule has 0 aliphatic rings. The molecule has 0 saturated carbocycles. The van der Waals surface area contributed by atoms with Gasteiger partial charge in [-0.3, -0.25) is 0 Å². The monoisotopic (exact) mass is 296 g/mol. The molecule has 3 heteroatoms. The number of carboxylic acids is 1. The van der Waals surface area contributed by atoms with Gasteiger partial charge in [-0.25, -0.2) is 4.79 Å². The van der Waals surface area contributed by atoms with Crippen molar-refractivity contribution < 1.29 is 15.0 Å². The smallest absolute Gasteiger partial charge is 0.328 e. The molecule has 0 saturated heterocycles. The molecule has 0 rings (SSSR count). The van der Waals surface area contributed by atoms with Crippen LogP contribution < -0.4 is 0 Å². The maximum Gasteiger partial charge on any atom is 0.328 e. The SMILES string of the molecule is CCCCCCC(O)CCCCCC/C=C/C=C/C(=O)O. The number of hydrogen-bond donors (Lipinski definition) is 2. The first kappa shape index (κ1) is 19.9. The van der Waals surface area contributed by atoms with Crippen LogP contribution in [0.5, 0.6) is 0 Å². The molecular weight excluding hydrogens is 264 g/mol. The molecule has 0 aromatic rings. The van der Waals surface area contributed by atoms with Crippen LogP contribution in [0.25, 0.3) is 0 Å². The standard InChI is InChI=1S/C18H32O3/c1-2-3-4-11-14-17(19)15-12-9-7-5-6-8-10-13-16-18(20)21/h8,10,13,16-17,19H,2-7,9,11-12,14-15H2,1H3,(H,20,21)/b10-8+,16-13+. The second-order valence-electron chi connectivity index (χ2n) is 5.62. The van der Waals surface area contributed by atoms with Crippen molar-refractivity contribution in [1.29, 1.82) is 0 Å². The Balaban J connectivity index is 3.29. The Morgan fingerprint density at radius 3 is 2.19 bits per heavy atom. The average Bonchev–Trinajstić information content (AvgIpc) is 2.45. The van der Waals surface area contributed by atoms with Crippen LogP contribution in [0, 0.1) is 0 Å². The number of aliphatic hydroxyl groups is 1. The third kappa shape index (κ3) is 16.9. The summed E-state index contributed by atoms with van der Waals surface area (Å²) >= 11 is 0. The fraction of sp³-hybridized carbons (Fsp3) is 0.722. The Hall–Kier alpha value is -1.09. The topological polar surface area (TPSA) is 57.5 Å². The highest BCUT2D eigenvalue weighted by molar-refractivity contribution is 5.80. The molecule has 0 amide bonds. The molecule has 122 valence electrons. The number of allylic oxidation sites excluding steroid dienone is 3. The predicted octanol–water partition coefficient (Wildman–Crippen LogP) is 4.86. The van der Waals surface area contributed by atoms with Gasteiger partial charge in [0, 0.05) is 6.08 Å². The zero-order valence-electron chi connectivity index (χ0n) is 13.5. The van der Waals surface area contributed by atoms with E-state index < -0.39 is 5.97 Å². The largest absolute Gasteiger partial charge is 0.478 e. The fourth-order valence-electron chi connectivity index (χ4n) is 2.26. The molecule has 3 nitrogen and oxygen atoms in total. The molecule has 0 aliphatic carbocycles. The number of unbranched alkanes of at least 4 members (excludes halogenated alkanes) is 7. The zero-order valence-corrected chi connectivity index (χ0v) is 13.5. The van der Waals surface area contributed by atoms with Gasteiger partial charge in [0.15, 0.2) is 0 Å². The summed E-state index contributed by atoms with van der Waals surface area (Å²) in [5, 5.41) is 18.2. The number of carboxylic acid groups (broad SMARTS) is 1. The van der Waals surface area contributed by atoms with Crippen molar-refractivity contribution in [2.45, 2.75) is 83.7 Å². The maximum absolute atomic E-state index is 10.2. The average molecular weight is 296 g/mol. The van der Waals surface area contributed by atoms with Crippen LogP contribution in [0.3, 0.4) is 0 Å². The Bertz CT molecular complexity index is 295. The summed E-state index contributed by atoms with van der Waals surface area (Å²) in [6.07, 6.45) is 18.8. The van der Waals surface area contributed by atoms with E-state index in [1.54, 1.807) is 12.2 Å². The Labute approximate surface area is 129 Å². The molecule has 0 heterocycles. The highest BCUT2D eigenvalue weighted by Crippen LogP contribution is 2.12. The summed E-state index contributed by atoms with van der Waals surface area (Å²) in [7, 11) is 0. The third-order valence-electron chi connectivity index (χ3n) is 3.54. The van der Waals surface area contributed by atoms with E-state index in [4.69, 9.17) is 5.11 Å². The molecule has 0 aliphatic heterocycles. The van der Waals surface area contributed by atoms with E-state index >= 15 is 0 Å². The summed E-state index contributed by atoms with van der Waals surface area (Å²) in [4.78, 5) is 10.2. The van der Waals surface area contributed by atoms with Crippen LogP contribution in [-0.4, -0.2) is 22.3 Å². The number of aliphatic hydroxyl groups excluding tert-OH is 1. The van der Waals surface area contributed by atoms with E-state index in [0.29, 0.717) is 0 Å². The van der Waals surface area contributed by atoms with E-state index in [0.717, 1.165) is 44.6 Å². The van der Waals surface area contributed by atoms with Crippen molar-refractivity contribution in [1.82, 2.24) is 0 Å². The molecule has 0 radical (unpaired) electrons. The van der Waals surface area contributed by atoms with Gasteiger partial charge in [0.2, 0.25) is 0 Å². The first-order chi connectivity index (χ1) is 10.2. The summed E-state index contributed by atoms with van der Waals surface area (Å²) < 4.78 is 0. The number of carbonyl (C=O) groups is 1. The van der Waals surface area contributed by atoms with Gasteiger partial charge in [0.05, 0.1) is 6.10 Å². The summed E-state index contributed by atoms with van der Waals surface area (Å²) in [6.45, 7) is 2.20. The molecule has 0 spiro atoms. The highest BCUT2D eigenvalue weighted by Gasteiger charge is 2.03. The maximum atomic E-state index is 10.2. The van der Waals surface area contributed by atoms with Crippen LogP contribution in [0.2, 0.25) is 0 Å². The van der Waals surface area contributed by atoms with Crippen molar-refractivity contribution in [2.24, 2.45) is 0 Å². The second kappa shape index (κ2) is 15.3. The van der Waals surface area contributed by atoms with E-state index in [2.05, 4.69) is 6.92 Å². The van der Waals surface area contributed by atoms with Crippen LogP contribution in [0.1, 0.15) is 77.6 Å². The van der Waals surface area contributed by atoms with E-state index in [1.807, 2.05) is 6.08 Å². The van der Waals surface area contributed by atoms with Gasteiger partial charge in [0.1, 0.15) is 0 Å². The van der Waals surface area contributed by atoms with Gasteiger partial charge in [-0.2, -0.15) is 0 Å². The quantitative estimate of drug-likeness (QED) is 0.273. The van der Waals surface area contributed by atoms with Gasteiger partial charge < -0.3 is 10.2 Å². The molecule has 21 heavy (non-hydrogen) atoms. The molecule has 0 aromatic heterocycles. The molecule has 2 N–H and O–H groups in total. The van der Waals surface area contributed by atoms with E-state index in [-0.39, 0.29) is 6.10 Å². The second-order valence-corrected chi connectivity index (χ2v) is 5.62. The first-order valence-corrected chi connectivity index (χ1v) is 8.41. The van der Waals surface area contributed by atoms with Crippen LogP contribution in [0.15, 0.2) is 24.3 Å². The third-order valence-corrected chi connectivity index (χ3v) is 3.54. The Morgan fingerprint density at radius 1 is 0.952 bits per heavy atom. The molecule has 0 aromatic carbocycles.